The second kappa shape index (κ2) is 4.58. The molecule has 1 saturated heterocycles. The Morgan fingerprint density at radius 3 is 2.56 bits per heavy atom. The topological polar surface area (TPSA) is 3.24 Å². The van der Waals surface area contributed by atoms with Crippen molar-refractivity contribution in [1.82, 2.24) is 4.90 Å². The van der Waals surface area contributed by atoms with Gasteiger partial charge in [-0.25, -0.2) is 0 Å². The van der Waals surface area contributed by atoms with Crippen molar-refractivity contribution < 1.29 is 0 Å². The van der Waals surface area contributed by atoms with Crippen LogP contribution in [0.25, 0.3) is 0 Å². The molecule has 1 heteroatoms. The molecule has 1 aliphatic heterocycles. The Morgan fingerprint density at radius 2 is 2.00 bits per heavy atom. The van der Waals surface area contributed by atoms with Gasteiger partial charge in [0.2, 0.25) is 0 Å². The quantitative estimate of drug-likeness (QED) is 0.748. The van der Waals surface area contributed by atoms with E-state index in [0.29, 0.717) is 5.41 Å². The van der Waals surface area contributed by atoms with Crippen molar-refractivity contribution in [2.24, 2.45) is 11.3 Å². The van der Waals surface area contributed by atoms with Crippen LogP contribution in [0.15, 0.2) is 30.3 Å². The van der Waals surface area contributed by atoms with Gasteiger partial charge in [-0.15, -0.1) is 0 Å². The lowest BCUT2D eigenvalue weighted by Crippen LogP contribution is -2.25. The van der Waals surface area contributed by atoms with Gasteiger partial charge < -0.3 is 0 Å². The minimum Gasteiger partial charge on any atom is -0.298 e. The lowest BCUT2D eigenvalue weighted by atomic mass is 9.79. The van der Waals surface area contributed by atoms with E-state index in [4.69, 9.17) is 0 Å². The fraction of sp³-hybridized carbons (Fsp3) is 0.600. The average Bonchev–Trinajstić information content (AvgIpc) is 2.56. The van der Waals surface area contributed by atoms with Gasteiger partial charge in [0.25, 0.3) is 0 Å². The minimum atomic E-state index is 0.523. The van der Waals surface area contributed by atoms with E-state index in [0.717, 1.165) is 12.5 Å². The van der Waals surface area contributed by atoms with Crippen molar-refractivity contribution in [3.05, 3.63) is 35.9 Å². The van der Waals surface area contributed by atoms with Crippen molar-refractivity contribution in [2.45, 2.75) is 33.7 Å². The molecule has 0 unspecified atom stereocenters. The van der Waals surface area contributed by atoms with Crippen LogP contribution in [0, 0.1) is 11.3 Å². The molecule has 1 aromatic rings. The second-order valence-corrected chi connectivity index (χ2v) is 5.56. The number of nitrogens with zero attached hydrogens (tertiary/aromatic N) is 1. The Hall–Kier alpha value is -0.820. The summed E-state index contributed by atoms with van der Waals surface area (Å²) in [6.07, 6.45) is 1.29. The SMILES string of the molecule is CC[C@]1(C)CN(Cc2ccccc2)C[C@H]1C. The van der Waals surface area contributed by atoms with Gasteiger partial charge >= 0.3 is 0 Å². The highest BCUT2D eigenvalue weighted by Gasteiger charge is 2.38. The van der Waals surface area contributed by atoms with Gasteiger partial charge in [-0.3, -0.25) is 4.90 Å². The molecule has 2 atom stereocenters. The molecule has 0 N–H and O–H groups in total. The van der Waals surface area contributed by atoms with Crippen molar-refractivity contribution in [2.75, 3.05) is 13.1 Å². The first kappa shape index (κ1) is 11.7. The Balaban J connectivity index is 1.99. The summed E-state index contributed by atoms with van der Waals surface area (Å²) in [5.41, 5.74) is 1.96. The molecule has 1 fully saturated rings. The van der Waals surface area contributed by atoms with E-state index >= 15 is 0 Å². The molecule has 1 nitrogen and oxygen atoms in total. The summed E-state index contributed by atoms with van der Waals surface area (Å²) in [5.74, 6) is 0.821. The fourth-order valence-corrected chi connectivity index (χ4v) is 2.76. The number of benzene rings is 1. The maximum absolute atomic E-state index is 2.60. The second-order valence-electron chi connectivity index (χ2n) is 5.56. The van der Waals surface area contributed by atoms with Crippen LogP contribution in [0.4, 0.5) is 0 Å². The third kappa shape index (κ3) is 2.30. The molecular formula is C15H23N. The smallest absolute Gasteiger partial charge is 0.0234 e. The largest absolute Gasteiger partial charge is 0.298 e. The van der Waals surface area contributed by atoms with Crippen LogP contribution >= 0.6 is 0 Å². The normalized spacial score (nSPS) is 30.8. The summed E-state index contributed by atoms with van der Waals surface area (Å²) in [7, 11) is 0. The number of likely N-dealkylation sites (tertiary alicyclic amines) is 1. The molecule has 0 spiro atoms. The molecule has 1 aliphatic rings. The van der Waals surface area contributed by atoms with Crippen LogP contribution in [0.2, 0.25) is 0 Å². The van der Waals surface area contributed by atoms with Gasteiger partial charge in [0.15, 0.2) is 0 Å². The summed E-state index contributed by atoms with van der Waals surface area (Å²) < 4.78 is 0. The zero-order chi connectivity index (χ0) is 11.6. The van der Waals surface area contributed by atoms with Crippen LogP contribution in [0.1, 0.15) is 32.8 Å². The number of hydrogen-bond donors (Lipinski definition) is 0. The van der Waals surface area contributed by atoms with Gasteiger partial charge in [0, 0.05) is 19.6 Å². The average molecular weight is 217 g/mol. The predicted octanol–water partition coefficient (Wildman–Crippen LogP) is 3.55. The van der Waals surface area contributed by atoms with E-state index in [-0.39, 0.29) is 0 Å². The highest BCUT2D eigenvalue weighted by atomic mass is 15.2. The zero-order valence-corrected chi connectivity index (χ0v) is 10.7. The molecule has 1 heterocycles. The zero-order valence-electron chi connectivity index (χ0n) is 10.7. The van der Waals surface area contributed by atoms with E-state index in [2.05, 4.69) is 56.0 Å². The lowest BCUT2D eigenvalue weighted by molar-refractivity contribution is 0.240. The minimum absolute atomic E-state index is 0.523. The van der Waals surface area contributed by atoms with Gasteiger partial charge in [0.1, 0.15) is 0 Å². The van der Waals surface area contributed by atoms with Crippen LogP contribution in [-0.2, 0) is 6.54 Å². The Labute approximate surface area is 99.5 Å². The monoisotopic (exact) mass is 217 g/mol. The fourth-order valence-electron chi connectivity index (χ4n) is 2.76. The molecular weight excluding hydrogens is 194 g/mol. The maximum Gasteiger partial charge on any atom is 0.0234 e. The number of rotatable bonds is 3. The van der Waals surface area contributed by atoms with E-state index in [9.17, 15) is 0 Å². The van der Waals surface area contributed by atoms with E-state index in [1.165, 1.54) is 25.1 Å². The summed E-state index contributed by atoms with van der Waals surface area (Å²) in [5, 5.41) is 0. The van der Waals surface area contributed by atoms with Gasteiger partial charge in [-0.2, -0.15) is 0 Å². The summed E-state index contributed by atoms with van der Waals surface area (Å²) in [6.45, 7) is 10.8. The van der Waals surface area contributed by atoms with Crippen LogP contribution in [0.3, 0.4) is 0 Å². The summed E-state index contributed by atoms with van der Waals surface area (Å²) in [6, 6.07) is 10.8. The Kier molecular flexibility index (Phi) is 3.34. The first-order chi connectivity index (χ1) is 7.64. The first-order valence-corrected chi connectivity index (χ1v) is 6.40. The number of hydrogen-bond acceptors (Lipinski definition) is 1. The maximum atomic E-state index is 2.60. The summed E-state index contributed by atoms with van der Waals surface area (Å²) in [4.78, 5) is 2.60. The molecule has 0 radical (unpaired) electrons. The van der Waals surface area contributed by atoms with Gasteiger partial charge in [-0.1, -0.05) is 51.1 Å². The highest BCUT2D eigenvalue weighted by Crippen LogP contribution is 2.38. The molecule has 88 valence electrons. The van der Waals surface area contributed by atoms with Crippen LogP contribution in [0.5, 0.6) is 0 Å². The van der Waals surface area contributed by atoms with Gasteiger partial charge in [-0.05, 0) is 23.3 Å². The van der Waals surface area contributed by atoms with E-state index in [1.54, 1.807) is 0 Å². The highest BCUT2D eigenvalue weighted by molar-refractivity contribution is 5.14. The summed E-state index contributed by atoms with van der Waals surface area (Å²) >= 11 is 0. The standard InChI is InChI=1S/C15H23N/c1-4-15(3)12-16(10-13(15)2)11-14-8-6-5-7-9-14/h5-9,13H,4,10-12H2,1-3H3/t13-,15-/m1/s1. The predicted molar refractivity (Wildman–Crippen MR) is 69.3 cm³/mol. The Morgan fingerprint density at radius 1 is 1.31 bits per heavy atom. The van der Waals surface area contributed by atoms with Crippen molar-refractivity contribution in [3.63, 3.8) is 0 Å². The van der Waals surface area contributed by atoms with Crippen LogP contribution < -0.4 is 0 Å². The molecule has 0 amide bonds. The molecule has 0 bridgehead atoms. The molecule has 0 aliphatic carbocycles. The lowest BCUT2D eigenvalue weighted by Gasteiger charge is -2.26. The molecule has 0 aromatic heterocycles. The molecule has 2 rings (SSSR count). The van der Waals surface area contributed by atoms with Crippen molar-refractivity contribution in [1.29, 1.82) is 0 Å². The molecule has 0 saturated carbocycles. The van der Waals surface area contributed by atoms with Crippen molar-refractivity contribution in [3.8, 4) is 0 Å². The van der Waals surface area contributed by atoms with Crippen molar-refractivity contribution >= 4 is 0 Å². The third-order valence-electron chi connectivity index (χ3n) is 4.36. The molecule has 1 aromatic carbocycles. The first-order valence-electron chi connectivity index (χ1n) is 6.40. The van der Waals surface area contributed by atoms with Gasteiger partial charge in [0.05, 0.1) is 0 Å². The third-order valence-corrected chi connectivity index (χ3v) is 4.36. The van der Waals surface area contributed by atoms with E-state index in [1.807, 2.05) is 0 Å². The van der Waals surface area contributed by atoms with E-state index < -0.39 is 0 Å². The van der Waals surface area contributed by atoms with Crippen LogP contribution in [-0.4, -0.2) is 18.0 Å². The Bertz CT molecular complexity index is 333. The molecule has 16 heavy (non-hydrogen) atoms.